The smallest absolute Gasteiger partial charge is 0.286 e. The first-order valence-corrected chi connectivity index (χ1v) is 6.53. The summed E-state index contributed by atoms with van der Waals surface area (Å²) in [5.74, 6) is 0. The molecule has 14 heavy (non-hydrogen) atoms. The number of hydrogen-bond acceptors (Lipinski definition) is 3. The number of benzene rings is 1. The molecule has 0 spiro atoms. The van der Waals surface area contributed by atoms with E-state index in [1.807, 2.05) is 6.07 Å². The summed E-state index contributed by atoms with van der Waals surface area (Å²) in [6.45, 7) is 0. The Morgan fingerprint density at radius 3 is 2.57 bits per heavy atom. The molecular formula is C9H8NO2PS. The van der Waals surface area contributed by atoms with Crippen molar-refractivity contribution in [2.45, 2.75) is 0 Å². The van der Waals surface area contributed by atoms with Crippen molar-refractivity contribution in [3.8, 4) is 0 Å². The van der Waals surface area contributed by atoms with Crippen molar-refractivity contribution in [3.63, 3.8) is 0 Å². The van der Waals surface area contributed by atoms with Crippen LogP contribution in [-0.2, 0) is 4.57 Å². The van der Waals surface area contributed by atoms with Crippen LogP contribution in [0.3, 0.4) is 0 Å². The topological polar surface area (TPSA) is 50.2 Å². The van der Waals surface area contributed by atoms with Gasteiger partial charge in [-0.05, 0) is 12.1 Å². The molecule has 1 unspecified atom stereocenters. The van der Waals surface area contributed by atoms with E-state index in [2.05, 4.69) is 4.98 Å². The summed E-state index contributed by atoms with van der Waals surface area (Å²) in [5, 5.41) is 2.12. The third kappa shape index (κ3) is 1.64. The fraction of sp³-hybridized carbons (Fsp3) is 0. The minimum absolute atomic E-state index is 0.281. The molecule has 0 bridgehead atoms. The fourth-order valence-corrected chi connectivity index (χ4v) is 3.56. The summed E-state index contributed by atoms with van der Waals surface area (Å²) >= 11 is 1.20. The molecule has 1 aromatic carbocycles. The van der Waals surface area contributed by atoms with Crippen molar-refractivity contribution in [2.24, 2.45) is 0 Å². The first-order valence-electron chi connectivity index (χ1n) is 4.00. The van der Waals surface area contributed by atoms with Crippen LogP contribution in [0.1, 0.15) is 0 Å². The number of thiazole rings is 1. The Morgan fingerprint density at radius 2 is 2.00 bits per heavy atom. The van der Waals surface area contributed by atoms with Gasteiger partial charge in [0.15, 0.2) is 4.75 Å². The molecule has 0 aliphatic rings. The molecule has 3 nitrogen and oxygen atoms in total. The summed E-state index contributed by atoms with van der Waals surface area (Å²) in [6, 6.07) is 8.58. The van der Waals surface area contributed by atoms with E-state index in [4.69, 9.17) is 0 Å². The van der Waals surface area contributed by atoms with Gasteiger partial charge in [-0.2, -0.15) is 0 Å². The third-order valence-electron chi connectivity index (χ3n) is 1.78. The minimum Gasteiger partial charge on any atom is -0.336 e. The van der Waals surface area contributed by atoms with Crippen molar-refractivity contribution >= 4 is 28.8 Å². The molecule has 0 aliphatic heterocycles. The van der Waals surface area contributed by atoms with Crippen LogP contribution in [0.4, 0.5) is 0 Å². The van der Waals surface area contributed by atoms with Gasteiger partial charge in [0, 0.05) is 16.9 Å². The van der Waals surface area contributed by atoms with E-state index >= 15 is 0 Å². The van der Waals surface area contributed by atoms with E-state index < -0.39 is 7.37 Å². The van der Waals surface area contributed by atoms with Crippen molar-refractivity contribution < 1.29 is 9.46 Å². The SMILES string of the molecule is O=P(O)(c1ccccc1)c1nccs1. The zero-order valence-corrected chi connectivity index (χ0v) is 8.91. The van der Waals surface area contributed by atoms with Gasteiger partial charge in [-0.3, -0.25) is 4.57 Å². The van der Waals surface area contributed by atoms with Crippen molar-refractivity contribution in [3.05, 3.63) is 41.9 Å². The van der Waals surface area contributed by atoms with Crippen LogP contribution in [0.5, 0.6) is 0 Å². The van der Waals surface area contributed by atoms with Crippen molar-refractivity contribution in [1.29, 1.82) is 0 Å². The van der Waals surface area contributed by atoms with Gasteiger partial charge < -0.3 is 4.89 Å². The van der Waals surface area contributed by atoms with Gasteiger partial charge >= 0.3 is 0 Å². The summed E-state index contributed by atoms with van der Waals surface area (Å²) in [4.78, 5) is 13.7. The average molecular weight is 225 g/mol. The summed E-state index contributed by atoms with van der Waals surface area (Å²) < 4.78 is 12.3. The van der Waals surface area contributed by atoms with Crippen LogP contribution in [0.2, 0.25) is 0 Å². The largest absolute Gasteiger partial charge is 0.336 e. The Kier molecular flexibility index (Phi) is 2.50. The van der Waals surface area contributed by atoms with Crippen molar-refractivity contribution in [2.75, 3.05) is 0 Å². The molecule has 1 heterocycles. The zero-order chi connectivity index (χ0) is 10.0. The van der Waals surface area contributed by atoms with Gasteiger partial charge in [-0.25, -0.2) is 4.98 Å². The van der Waals surface area contributed by atoms with Gasteiger partial charge in [0.1, 0.15) is 0 Å². The number of nitrogens with zero attached hydrogens (tertiary/aromatic N) is 1. The molecule has 5 heteroatoms. The third-order valence-corrected chi connectivity index (χ3v) is 5.05. The highest BCUT2D eigenvalue weighted by Gasteiger charge is 2.26. The second-order valence-corrected chi connectivity index (χ2v) is 6.02. The lowest BCUT2D eigenvalue weighted by Gasteiger charge is -2.07. The Bertz CT molecular complexity index is 455. The monoisotopic (exact) mass is 225 g/mol. The molecule has 0 saturated heterocycles. The van der Waals surface area contributed by atoms with Crippen LogP contribution in [0, 0.1) is 0 Å². The Hall–Kier alpha value is -0.960. The standard InChI is InChI=1S/C9H8NO2PS/c11-13(12,9-10-6-7-14-9)8-4-2-1-3-5-8/h1-7H,(H,11,12). The molecule has 0 fully saturated rings. The molecule has 1 aromatic heterocycles. The van der Waals surface area contributed by atoms with E-state index in [1.165, 1.54) is 17.5 Å². The molecule has 2 rings (SSSR count). The number of aromatic nitrogens is 1. The molecule has 0 radical (unpaired) electrons. The van der Waals surface area contributed by atoms with Crippen LogP contribution in [0.25, 0.3) is 0 Å². The number of rotatable bonds is 2. The van der Waals surface area contributed by atoms with E-state index in [0.717, 1.165) is 0 Å². The normalized spacial score (nSPS) is 14.9. The quantitative estimate of drug-likeness (QED) is 0.785. The molecule has 2 aromatic rings. The van der Waals surface area contributed by atoms with E-state index in [0.29, 0.717) is 5.30 Å². The Labute approximate surface area is 85.5 Å². The Morgan fingerprint density at radius 1 is 1.29 bits per heavy atom. The number of hydrogen-bond donors (Lipinski definition) is 1. The van der Waals surface area contributed by atoms with Gasteiger partial charge in [0.05, 0.1) is 0 Å². The predicted molar refractivity (Wildman–Crippen MR) is 57.6 cm³/mol. The van der Waals surface area contributed by atoms with Crippen molar-refractivity contribution in [1.82, 2.24) is 4.98 Å². The summed E-state index contributed by atoms with van der Waals surface area (Å²) in [6.07, 6.45) is 1.53. The first kappa shape index (κ1) is 9.59. The molecule has 0 amide bonds. The highest BCUT2D eigenvalue weighted by Crippen LogP contribution is 2.38. The maximum Gasteiger partial charge on any atom is 0.286 e. The highest BCUT2D eigenvalue weighted by molar-refractivity contribution is 7.78. The van der Waals surface area contributed by atoms with Crippen LogP contribution >= 0.6 is 18.7 Å². The van der Waals surface area contributed by atoms with Gasteiger partial charge in [0.2, 0.25) is 0 Å². The lowest BCUT2D eigenvalue weighted by Crippen LogP contribution is -2.14. The van der Waals surface area contributed by atoms with Gasteiger partial charge in [-0.15, -0.1) is 11.3 Å². The van der Waals surface area contributed by atoms with E-state index in [1.54, 1.807) is 29.6 Å². The maximum atomic E-state index is 12.0. The molecule has 0 saturated carbocycles. The zero-order valence-electron chi connectivity index (χ0n) is 7.20. The highest BCUT2D eigenvalue weighted by atomic mass is 32.1. The second kappa shape index (κ2) is 3.65. The van der Waals surface area contributed by atoms with Crippen LogP contribution < -0.4 is 10.1 Å². The summed E-state index contributed by atoms with van der Waals surface area (Å²) in [7, 11) is -3.44. The van der Waals surface area contributed by atoms with Gasteiger partial charge in [0.25, 0.3) is 7.37 Å². The molecule has 72 valence electrons. The van der Waals surface area contributed by atoms with E-state index in [-0.39, 0.29) is 4.75 Å². The second-order valence-electron chi connectivity index (χ2n) is 2.73. The lowest BCUT2D eigenvalue weighted by atomic mass is 10.4. The van der Waals surface area contributed by atoms with Gasteiger partial charge in [-0.1, -0.05) is 18.2 Å². The minimum atomic E-state index is -3.44. The van der Waals surface area contributed by atoms with E-state index in [9.17, 15) is 9.46 Å². The summed E-state index contributed by atoms with van der Waals surface area (Å²) in [5.41, 5.74) is 0. The molecular weight excluding hydrogens is 217 g/mol. The fourth-order valence-electron chi connectivity index (χ4n) is 1.11. The lowest BCUT2D eigenvalue weighted by molar-refractivity contribution is 0.501. The molecule has 0 aliphatic carbocycles. The molecule has 1 atom stereocenters. The first-order chi connectivity index (χ1) is 6.71. The molecule has 1 N–H and O–H groups in total. The predicted octanol–water partition coefficient (Wildman–Crippen LogP) is 1.36. The van der Waals surface area contributed by atoms with Crippen LogP contribution in [0.15, 0.2) is 41.9 Å². The Balaban J connectivity index is 2.49. The maximum absolute atomic E-state index is 12.0. The van der Waals surface area contributed by atoms with Crippen LogP contribution in [-0.4, -0.2) is 9.88 Å². The average Bonchev–Trinajstić information content (AvgIpc) is 2.72.